The van der Waals surface area contributed by atoms with Crippen LogP contribution in [0.3, 0.4) is 0 Å². The van der Waals surface area contributed by atoms with Crippen molar-refractivity contribution in [1.29, 1.82) is 5.26 Å². The minimum atomic E-state index is -0.727. The molecule has 0 unspecified atom stereocenters. The van der Waals surface area contributed by atoms with Gasteiger partial charge in [0.25, 0.3) is 0 Å². The molecule has 152 valence electrons. The third-order valence-electron chi connectivity index (χ3n) is 3.66. The number of nitriles is 1. The van der Waals surface area contributed by atoms with Gasteiger partial charge in [-0.05, 0) is 32.3 Å². The van der Waals surface area contributed by atoms with Crippen molar-refractivity contribution in [3.05, 3.63) is 22.9 Å². The fourth-order valence-electron chi connectivity index (χ4n) is 2.39. The van der Waals surface area contributed by atoms with Gasteiger partial charge >= 0.3 is 11.9 Å². The summed E-state index contributed by atoms with van der Waals surface area (Å²) in [7, 11) is 1.27. The van der Waals surface area contributed by atoms with E-state index in [2.05, 4.69) is 10.3 Å². The quantitative estimate of drug-likeness (QED) is 0.489. The van der Waals surface area contributed by atoms with Crippen LogP contribution in [0.15, 0.2) is 11.1 Å². The molecule has 1 aromatic rings. The van der Waals surface area contributed by atoms with Gasteiger partial charge in [0.2, 0.25) is 5.91 Å². The number of hydrogen-bond acceptors (Lipinski definition) is 8. The number of ether oxygens (including phenoxy) is 2. The van der Waals surface area contributed by atoms with E-state index in [1.165, 1.54) is 13.2 Å². The van der Waals surface area contributed by atoms with Crippen LogP contribution in [0, 0.1) is 24.2 Å². The molecule has 1 N–H and O–H groups in total. The third kappa shape index (κ3) is 6.85. The van der Waals surface area contributed by atoms with Gasteiger partial charge in [-0.25, -0.2) is 14.6 Å². The summed E-state index contributed by atoms with van der Waals surface area (Å²) in [6, 6.07) is 2.67. The van der Waals surface area contributed by atoms with Crippen LogP contribution in [0.5, 0.6) is 0 Å². The molecule has 0 saturated carbocycles. The van der Waals surface area contributed by atoms with Crippen molar-refractivity contribution in [1.82, 2.24) is 10.3 Å². The molecule has 0 radical (unpaired) electrons. The molecule has 0 aliphatic rings. The average Bonchev–Trinajstić information content (AvgIpc) is 2.64. The van der Waals surface area contributed by atoms with E-state index in [1.54, 1.807) is 13.8 Å². The van der Waals surface area contributed by atoms with Gasteiger partial charge in [-0.1, -0.05) is 25.6 Å². The molecule has 8 nitrogen and oxygen atoms in total. The lowest BCUT2D eigenvalue weighted by molar-refractivity contribution is -0.145. The lowest BCUT2D eigenvalue weighted by Gasteiger charge is -2.18. The highest BCUT2D eigenvalue weighted by Crippen LogP contribution is 2.23. The summed E-state index contributed by atoms with van der Waals surface area (Å²) in [4.78, 5) is 40.3. The molecule has 1 amide bonds. The molecular formula is C19H25N3O5S. The molecule has 0 aliphatic carbocycles. The summed E-state index contributed by atoms with van der Waals surface area (Å²) in [5.74, 6) is -1.27. The first kappa shape index (κ1) is 23.4. The maximum Gasteiger partial charge on any atom is 0.340 e. The second-order valence-corrected chi connectivity index (χ2v) is 7.33. The SMILES string of the molecule is CCOC(=O)c1cc(C#N)c(SCC(=O)N[C@@H](CC(C)C)C(=O)OC)nc1C. The first-order chi connectivity index (χ1) is 13.2. The molecular weight excluding hydrogens is 382 g/mol. The number of rotatable bonds is 9. The summed E-state index contributed by atoms with van der Waals surface area (Å²) in [5, 5.41) is 12.3. The molecule has 1 aromatic heterocycles. The lowest BCUT2D eigenvalue weighted by Crippen LogP contribution is -2.43. The highest BCUT2D eigenvalue weighted by atomic mass is 32.2. The predicted octanol–water partition coefficient (Wildman–Crippen LogP) is 2.23. The Morgan fingerprint density at radius 2 is 2.04 bits per heavy atom. The van der Waals surface area contributed by atoms with Gasteiger partial charge in [-0.2, -0.15) is 5.26 Å². The highest BCUT2D eigenvalue weighted by molar-refractivity contribution is 8.00. The van der Waals surface area contributed by atoms with Crippen molar-refractivity contribution in [2.45, 2.75) is 45.2 Å². The van der Waals surface area contributed by atoms with Gasteiger partial charge in [0.15, 0.2) is 0 Å². The van der Waals surface area contributed by atoms with Gasteiger partial charge in [0, 0.05) is 0 Å². The Morgan fingerprint density at radius 3 is 2.57 bits per heavy atom. The van der Waals surface area contributed by atoms with Crippen LogP contribution in [0.2, 0.25) is 0 Å². The molecule has 0 bridgehead atoms. The zero-order valence-corrected chi connectivity index (χ0v) is 17.5. The maximum atomic E-state index is 12.2. The maximum absolute atomic E-state index is 12.2. The molecule has 0 spiro atoms. The zero-order valence-electron chi connectivity index (χ0n) is 16.7. The Labute approximate surface area is 169 Å². The topological polar surface area (TPSA) is 118 Å². The van der Waals surface area contributed by atoms with Crippen molar-refractivity contribution in [2.24, 2.45) is 5.92 Å². The number of pyridine rings is 1. The van der Waals surface area contributed by atoms with Crippen molar-refractivity contribution in [3.63, 3.8) is 0 Å². The average molecular weight is 407 g/mol. The Kier molecular flexibility index (Phi) is 9.45. The Bertz CT molecular complexity index is 774. The number of amides is 1. The smallest absolute Gasteiger partial charge is 0.340 e. The number of aryl methyl sites for hydroxylation is 1. The van der Waals surface area contributed by atoms with E-state index in [0.29, 0.717) is 17.1 Å². The zero-order chi connectivity index (χ0) is 21.3. The minimum absolute atomic E-state index is 0.0362. The second kappa shape index (κ2) is 11.3. The molecule has 0 aliphatic heterocycles. The number of hydrogen-bond donors (Lipinski definition) is 1. The molecule has 0 saturated heterocycles. The predicted molar refractivity (Wildman–Crippen MR) is 104 cm³/mol. The van der Waals surface area contributed by atoms with E-state index in [1.807, 2.05) is 19.9 Å². The number of esters is 2. The fourth-order valence-corrected chi connectivity index (χ4v) is 3.20. The standard InChI is InChI=1S/C19H25N3O5S/c1-6-27-18(24)14-8-13(9-20)17(21-12(14)4)28-10-16(23)22-15(7-11(2)3)19(25)26-5/h8,11,15H,6-7,10H2,1-5H3,(H,22,23)/t15-/m0/s1. The van der Waals surface area contributed by atoms with Crippen LogP contribution >= 0.6 is 11.8 Å². The largest absolute Gasteiger partial charge is 0.467 e. The second-order valence-electron chi connectivity index (χ2n) is 6.37. The highest BCUT2D eigenvalue weighted by Gasteiger charge is 2.23. The first-order valence-corrected chi connectivity index (χ1v) is 9.80. The minimum Gasteiger partial charge on any atom is -0.467 e. The summed E-state index contributed by atoms with van der Waals surface area (Å²) in [6.07, 6.45) is 0.456. The van der Waals surface area contributed by atoms with E-state index in [4.69, 9.17) is 9.47 Å². The summed E-state index contributed by atoms with van der Waals surface area (Å²) in [6.45, 7) is 7.42. The Hall–Kier alpha value is -2.60. The van der Waals surface area contributed by atoms with Crippen LogP contribution in [-0.2, 0) is 19.1 Å². The molecule has 1 rings (SSSR count). The summed E-state index contributed by atoms with van der Waals surface area (Å²) in [5.41, 5.74) is 0.806. The monoisotopic (exact) mass is 407 g/mol. The molecule has 1 atom stereocenters. The molecule has 28 heavy (non-hydrogen) atoms. The van der Waals surface area contributed by atoms with Crippen LogP contribution in [0.4, 0.5) is 0 Å². The third-order valence-corrected chi connectivity index (χ3v) is 4.65. The van der Waals surface area contributed by atoms with Crippen molar-refractivity contribution < 1.29 is 23.9 Å². The normalized spacial score (nSPS) is 11.5. The summed E-state index contributed by atoms with van der Waals surface area (Å²) >= 11 is 1.06. The van der Waals surface area contributed by atoms with E-state index in [9.17, 15) is 19.6 Å². The van der Waals surface area contributed by atoms with Gasteiger partial charge in [0.1, 0.15) is 17.1 Å². The number of thioether (sulfide) groups is 1. The van der Waals surface area contributed by atoms with Crippen molar-refractivity contribution in [3.8, 4) is 6.07 Å². The number of nitrogens with one attached hydrogen (secondary N) is 1. The van der Waals surface area contributed by atoms with E-state index in [0.717, 1.165) is 11.8 Å². The fraction of sp³-hybridized carbons (Fsp3) is 0.526. The lowest BCUT2D eigenvalue weighted by atomic mass is 10.0. The van der Waals surface area contributed by atoms with E-state index in [-0.39, 0.29) is 35.3 Å². The van der Waals surface area contributed by atoms with Gasteiger partial charge in [-0.15, -0.1) is 0 Å². The molecule has 0 aromatic carbocycles. The van der Waals surface area contributed by atoms with Crippen LogP contribution in [0.1, 0.15) is 48.8 Å². The summed E-state index contributed by atoms with van der Waals surface area (Å²) < 4.78 is 9.68. The number of carbonyl (C=O) groups excluding carboxylic acids is 3. The van der Waals surface area contributed by atoms with Crippen molar-refractivity contribution >= 4 is 29.6 Å². The van der Waals surface area contributed by atoms with Crippen LogP contribution < -0.4 is 5.32 Å². The van der Waals surface area contributed by atoms with Crippen molar-refractivity contribution in [2.75, 3.05) is 19.5 Å². The number of methoxy groups -OCH3 is 1. The van der Waals surface area contributed by atoms with Crippen LogP contribution in [-0.4, -0.2) is 48.3 Å². The van der Waals surface area contributed by atoms with E-state index < -0.39 is 18.0 Å². The molecule has 0 fully saturated rings. The van der Waals surface area contributed by atoms with E-state index >= 15 is 0 Å². The van der Waals surface area contributed by atoms with Crippen LogP contribution in [0.25, 0.3) is 0 Å². The Balaban J connectivity index is 2.87. The molecule has 1 heterocycles. The number of carbonyl (C=O) groups is 3. The number of nitrogens with zero attached hydrogens (tertiary/aromatic N) is 2. The van der Waals surface area contributed by atoms with Gasteiger partial charge in [-0.3, -0.25) is 4.79 Å². The number of aromatic nitrogens is 1. The van der Waals surface area contributed by atoms with Gasteiger partial charge < -0.3 is 14.8 Å². The van der Waals surface area contributed by atoms with Gasteiger partial charge in [0.05, 0.1) is 36.3 Å². The Morgan fingerprint density at radius 1 is 1.36 bits per heavy atom. The first-order valence-electron chi connectivity index (χ1n) is 8.82. The molecule has 9 heteroatoms.